The van der Waals surface area contributed by atoms with E-state index in [0.717, 1.165) is 22.3 Å². The first-order valence-corrected chi connectivity index (χ1v) is 9.44. The fourth-order valence-electron chi connectivity index (χ4n) is 3.95. The smallest absolute Gasteiger partial charge is 0.174 e. The average Bonchev–Trinajstić information content (AvgIpc) is 2.68. The fourth-order valence-corrected chi connectivity index (χ4v) is 3.95. The Morgan fingerprint density at radius 2 is 1.46 bits per heavy atom. The van der Waals surface area contributed by atoms with Crippen LogP contribution < -0.4 is 4.74 Å². The summed E-state index contributed by atoms with van der Waals surface area (Å²) >= 11 is 0. The van der Waals surface area contributed by atoms with Gasteiger partial charge in [0.1, 0.15) is 17.3 Å². The van der Waals surface area contributed by atoms with Gasteiger partial charge in [-0.1, -0.05) is 65.7 Å². The molecule has 1 aliphatic rings. The Hall–Kier alpha value is -3.20. The minimum Gasteiger partial charge on any atom is -0.457 e. The number of hydrogen-bond acceptors (Lipinski definition) is 3. The molecule has 0 bridgehead atoms. The number of para-hydroxylation sites is 1. The van der Waals surface area contributed by atoms with Gasteiger partial charge in [0, 0.05) is 22.6 Å². The van der Waals surface area contributed by atoms with Gasteiger partial charge in [0.15, 0.2) is 5.78 Å². The third-order valence-corrected chi connectivity index (χ3v) is 5.36. The number of rotatable bonds is 4. The van der Waals surface area contributed by atoms with Crippen LogP contribution in [0.15, 0.2) is 66.7 Å². The number of carbonyl (C=O) groups is 2. The Labute approximate surface area is 165 Å². The summed E-state index contributed by atoms with van der Waals surface area (Å²) in [5.41, 5.74) is 4.47. The van der Waals surface area contributed by atoms with E-state index in [4.69, 9.17) is 4.74 Å². The summed E-state index contributed by atoms with van der Waals surface area (Å²) in [4.78, 5) is 26.2. The lowest BCUT2D eigenvalue weighted by atomic mass is 9.73. The van der Waals surface area contributed by atoms with Crippen LogP contribution in [0.3, 0.4) is 0 Å². The Balaban J connectivity index is 1.89. The molecule has 0 N–H and O–H groups in total. The maximum Gasteiger partial charge on any atom is 0.174 e. The third-order valence-electron chi connectivity index (χ3n) is 5.36. The topological polar surface area (TPSA) is 43.4 Å². The fraction of sp³-hybridized carbons (Fsp3) is 0.200. The van der Waals surface area contributed by atoms with E-state index in [9.17, 15) is 9.59 Å². The van der Waals surface area contributed by atoms with Crippen LogP contribution in [-0.4, -0.2) is 11.6 Å². The van der Waals surface area contributed by atoms with Crippen LogP contribution >= 0.6 is 0 Å². The highest BCUT2D eigenvalue weighted by Crippen LogP contribution is 2.48. The van der Waals surface area contributed by atoms with Crippen LogP contribution in [0, 0.1) is 19.8 Å². The lowest BCUT2D eigenvalue weighted by Crippen LogP contribution is -2.31. The van der Waals surface area contributed by atoms with E-state index in [-0.39, 0.29) is 17.5 Å². The van der Waals surface area contributed by atoms with Crippen molar-refractivity contribution in [2.24, 2.45) is 5.92 Å². The third kappa shape index (κ3) is 3.13. The van der Waals surface area contributed by atoms with E-state index in [1.165, 1.54) is 6.92 Å². The standard InChI is InChI=1S/C25H22O3/c1-15-8-11-18(12-9-15)25(27)23(17(3)26)24-19-6-4-5-7-21(19)28-22-13-10-16(2)14-20(22)24/h4-14,23-24H,1-3H3/t23-,24-/m0/s1. The predicted molar refractivity (Wildman–Crippen MR) is 109 cm³/mol. The molecule has 2 atom stereocenters. The Bertz CT molecular complexity index is 1060. The molecule has 0 saturated carbocycles. The van der Waals surface area contributed by atoms with Gasteiger partial charge in [-0.3, -0.25) is 9.59 Å². The van der Waals surface area contributed by atoms with Gasteiger partial charge in [0.05, 0.1) is 5.92 Å². The second-order valence-electron chi connectivity index (χ2n) is 7.48. The molecule has 0 aliphatic carbocycles. The Kier molecular flexibility index (Phi) is 4.60. The first-order valence-electron chi connectivity index (χ1n) is 9.44. The minimum absolute atomic E-state index is 0.139. The molecule has 3 aromatic carbocycles. The van der Waals surface area contributed by atoms with Gasteiger partial charge < -0.3 is 4.74 Å². The van der Waals surface area contributed by atoms with Gasteiger partial charge >= 0.3 is 0 Å². The second kappa shape index (κ2) is 7.08. The van der Waals surface area contributed by atoms with Gasteiger partial charge in [0.2, 0.25) is 0 Å². The van der Waals surface area contributed by atoms with Gasteiger partial charge in [-0.05, 0) is 32.9 Å². The number of Topliss-reactive ketones (excluding diaryl/α,β-unsaturated/α-hetero) is 2. The molecular weight excluding hydrogens is 348 g/mol. The molecule has 0 fully saturated rings. The van der Waals surface area contributed by atoms with Gasteiger partial charge in [-0.15, -0.1) is 0 Å². The van der Waals surface area contributed by atoms with E-state index >= 15 is 0 Å². The molecule has 0 spiro atoms. The largest absolute Gasteiger partial charge is 0.457 e. The zero-order chi connectivity index (χ0) is 19.8. The van der Waals surface area contributed by atoms with Crippen LogP contribution in [0.5, 0.6) is 11.5 Å². The van der Waals surface area contributed by atoms with Crippen molar-refractivity contribution in [1.29, 1.82) is 0 Å². The molecular formula is C25H22O3. The Morgan fingerprint density at radius 1 is 0.821 bits per heavy atom. The number of hydrogen-bond donors (Lipinski definition) is 0. The van der Waals surface area contributed by atoms with Crippen LogP contribution in [0.1, 0.15) is 45.5 Å². The summed E-state index contributed by atoms with van der Waals surface area (Å²) < 4.78 is 6.07. The molecule has 3 aromatic rings. The van der Waals surface area contributed by atoms with E-state index in [1.807, 2.05) is 68.4 Å². The summed E-state index contributed by atoms with van der Waals surface area (Å²) in [6.45, 7) is 5.48. The van der Waals surface area contributed by atoms with Crippen molar-refractivity contribution < 1.29 is 14.3 Å². The highest BCUT2D eigenvalue weighted by atomic mass is 16.5. The molecule has 1 heterocycles. The number of carbonyl (C=O) groups excluding carboxylic acids is 2. The van der Waals surface area contributed by atoms with Gasteiger partial charge in [0.25, 0.3) is 0 Å². The average molecular weight is 370 g/mol. The van der Waals surface area contributed by atoms with Crippen LogP contribution in [0.2, 0.25) is 0 Å². The Morgan fingerprint density at radius 3 is 2.18 bits per heavy atom. The summed E-state index contributed by atoms with van der Waals surface area (Å²) in [5.74, 6) is -0.0510. The number of aryl methyl sites for hydroxylation is 2. The van der Waals surface area contributed by atoms with Crippen molar-refractivity contribution in [3.8, 4) is 11.5 Å². The molecule has 3 nitrogen and oxygen atoms in total. The molecule has 0 aromatic heterocycles. The summed E-state index contributed by atoms with van der Waals surface area (Å²) in [6, 6.07) is 21.0. The van der Waals surface area contributed by atoms with Crippen molar-refractivity contribution >= 4 is 11.6 Å². The van der Waals surface area contributed by atoms with Gasteiger partial charge in [-0.25, -0.2) is 0 Å². The molecule has 0 saturated heterocycles. The molecule has 140 valence electrons. The molecule has 1 aliphatic heterocycles. The number of ether oxygens (including phenoxy) is 1. The zero-order valence-electron chi connectivity index (χ0n) is 16.2. The van der Waals surface area contributed by atoms with E-state index in [0.29, 0.717) is 17.1 Å². The second-order valence-corrected chi connectivity index (χ2v) is 7.48. The molecule has 4 rings (SSSR count). The number of benzene rings is 3. The van der Waals surface area contributed by atoms with E-state index in [2.05, 4.69) is 0 Å². The number of ketones is 2. The highest BCUT2D eigenvalue weighted by Gasteiger charge is 2.40. The quantitative estimate of drug-likeness (QED) is 0.442. The maximum atomic E-state index is 13.4. The summed E-state index contributed by atoms with van der Waals surface area (Å²) in [6.07, 6.45) is 0. The molecule has 0 unspecified atom stereocenters. The molecule has 3 heteroatoms. The zero-order valence-corrected chi connectivity index (χ0v) is 16.2. The lowest BCUT2D eigenvalue weighted by Gasteiger charge is -2.32. The predicted octanol–water partition coefficient (Wildman–Crippen LogP) is 5.63. The lowest BCUT2D eigenvalue weighted by molar-refractivity contribution is -0.119. The normalized spacial score (nSPS) is 15.8. The molecule has 0 amide bonds. The minimum atomic E-state index is -0.798. The van der Waals surface area contributed by atoms with Crippen molar-refractivity contribution in [3.63, 3.8) is 0 Å². The number of fused-ring (bicyclic) bond motifs is 2. The summed E-state index contributed by atoms with van der Waals surface area (Å²) in [7, 11) is 0. The van der Waals surface area contributed by atoms with Crippen molar-refractivity contribution in [3.05, 3.63) is 94.5 Å². The molecule has 28 heavy (non-hydrogen) atoms. The van der Waals surface area contributed by atoms with Crippen molar-refractivity contribution in [2.75, 3.05) is 0 Å². The van der Waals surface area contributed by atoms with Gasteiger partial charge in [-0.2, -0.15) is 0 Å². The van der Waals surface area contributed by atoms with Crippen LogP contribution in [0.25, 0.3) is 0 Å². The monoisotopic (exact) mass is 370 g/mol. The summed E-state index contributed by atoms with van der Waals surface area (Å²) in [5, 5.41) is 0. The van der Waals surface area contributed by atoms with Crippen LogP contribution in [-0.2, 0) is 4.79 Å². The van der Waals surface area contributed by atoms with Crippen molar-refractivity contribution in [2.45, 2.75) is 26.7 Å². The SMILES string of the molecule is CC(=O)[C@H](C(=O)c1ccc(C)cc1)[C@H]1c2ccccc2Oc2ccc(C)cc21. The van der Waals surface area contributed by atoms with Crippen molar-refractivity contribution in [1.82, 2.24) is 0 Å². The van der Waals surface area contributed by atoms with E-state index < -0.39 is 5.92 Å². The molecule has 0 radical (unpaired) electrons. The first-order chi connectivity index (χ1) is 13.5. The first kappa shape index (κ1) is 18.2. The van der Waals surface area contributed by atoms with Crippen LogP contribution in [0.4, 0.5) is 0 Å². The van der Waals surface area contributed by atoms with E-state index in [1.54, 1.807) is 12.1 Å². The maximum absolute atomic E-state index is 13.4. The highest BCUT2D eigenvalue weighted by molar-refractivity contribution is 6.11.